The summed E-state index contributed by atoms with van der Waals surface area (Å²) in [6.45, 7) is 2.17. The van der Waals surface area contributed by atoms with E-state index in [1.165, 1.54) is 0 Å². The predicted molar refractivity (Wildman–Crippen MR) is 49.6 cm³/mol. The molecule has 0 aromatic rings. The van der Waals surface area contributed by atoms with Crippen molar-refractivity contribution in [2.75, 3.05) is 0 Å². The number of amides is 1. The fourth-order valence-electron chi connectivity index (χ4n) is 2.14. The molecule has 66 valence electrons. The van der Waals surface area contributed by atoms with Gasteiger partial charge < -0.3 is 10.6 Å². The summed E-state index contributed by atoms with van der Waals surface area (Å²) < 4.78 is 0. The number of thiocarbonyl (C=S) groups is 1. The van der Waals surface area contributed by atoms with Gasteiger partial charge in [-0.2, -0.15) is 0 Å². The van der Waals surface area contributed by atoms with Crippen LogP contribution in [0.3, 0.4) is 0 Å². The van der Waals surface area contributed by atoms with E-state index in [-0.39, 0.29) is 11.4 Å². The van der Waals surface area contributed by atoms with Crippen LogP contribution in [0.4, 0.5) is 0 Å². The van der Waals surface area contributed by atoms with Crippen molar-refractivity contribution in [3.63, 3.8) is 0 Å². The van der Waals surface area contributed by atoms with Crippen LogP contribution in [0.2, 0.25) is 0 Å². The number of carbonyl (C=O) groups is 1. The quantitative estimate of drug-likeness (QED) is 0.540. The van der Waals surface area contributed by atoms with Crippen molar-refractivity contribution in [1.29, 1.82) is 0 Å². The van der Waals surface area contributed by atoms with E-state index in [9.17, 15) is 4.79 Å². The van der Waals surface area contributed by atoms with Gasteiger partial charge in [0.15, 0.2) is 5.11 Å². The molecule has 1 aliphatic carbocycles. The summed E-state index contributed by atoms with van der Waals surface area (Å²) in [6.07, 6.45) is 2.95. The monoisotopic (exact) mass is 184 g/mol. The first-order valence-corrected chi connectivity index (χ1v) is 4.67. The van der Waals surface area contributed by atoms with Crippen LogP contribution in [0.15, 0.2) is 0 Å². The zero-order chi connectivity index (χ0) is 8.77. The van der Waals surface area contributed by atoms with Crippen molar-refractivity contribution in [2.45, 2.75) is 31.7 Å². The molecule has 2 atom stereocenters. The first-order chi connectivity index (χ1) is 5.62. The summed E-state index contributed by atoms with van der Waals surface area (Å²) in [4.78, 5) is 11.5. The van der Waals surface area contributed by atoms with Crippen molar-refractivity contribution in [2.24, 2.45) is 5.92 Å². The number of nitrogens with one attached hydrogen (secondary N) is 2. The van der Waals surface area contributed by atoms with E-state index in [2.05, 4.69) is 17.6 Å². The van der Waals surface area contributed by atoms with Gasteiger partial charge in [0.25, 0.3) is 5.91 Å². The Labute approximate surface area is 76.9 Å². The van der Waals surface area contributed by atoms with Gasteiger partial charge in [-0.05, 0) is 37.4 Å². The molecule has 4 heteroatoms. The largest absolute Gasteiger partial charge is 0.348 e. The fraction of sp³-hybridized carbons (Fsp3) is 0.750. The summed E-state index contributed by atoms with van der Waals surface area (Å²) in [5.74, 6) is 0.695. The van der Waals surface area contributed by atoms with Crippen LogP contribution in [0, 0.1) is 5.92 Å². The minimum absolute atomic E-state index is 0.0665. The van der Waals surface area contributed by atoms with Crippen molar-refractivity contribution in [3.8, 4) is 0 Å². The molecule has 1 aliphatic heterocycles. The van der Waals surface area contributed by atoms with Crippen LogP contribution in [-0.4, -0.2) is 16.6 Å². The van der Waals surface area contributed by atoms with E-state index in [0.29, 0.717) is 11.0 Å². The highest BCUT2D eigenvalue weighted by molar-refractivity contribution is 7.80. The van der Waals surface area contributed by atoms with Gasteiger partial charge in [0.1, 0.15) is 5.54 Å². The topological polar surface area (TPSA) is 41.1 Å². The van der Waals surface area contributed by atoms with E-state index in [1.54, 1.807) is 0 Å². The van der Waals surface area contributed by atoms with E-state index in [1.807, 2.05) is 0 Å². The Kier molecular flexibility index (Phi) is 1.61. The Morgan fingerprint density at radius 1 is 1.67 bits per heavy atom. The normalized spacial score (nSPS) is 40.2. The Balaban J connectivity index is 2.22. The third-order valence-electron chi connectivity index (χ3n) is 2.78. The molecule has 3 nitrogen and oxygen atoms in total. The average molecular weight is 184 g/mol. The average Bonchev–Trinajstić information content (AvgIpc) is 2.43. The highest BCUT2D eigenvalue weighted by Gasteiger charge is 2.48. The number of carbonyl (C=O) groups excluding carboxylic acids is 1. The van der Waals surface area contributed by atoms with Crippen LogP contribution in [-0.2, 0) is 4.79 Å². The SMILES string of the molecule is CC1CCC2(C1)NC(=S)NC2=O. The third-order valence-corrected chi connectivity index (χ3v) is 2.98. The summed E-state index contributed by atoms with van der Waals surface area (Å²) >= 11 is 4.90. The molecule has 2 fully saturated rings. The van der Waals surface area contributed by atoms with Gasteiger partial charge in [0.2, 0.25) is 0 Å². The predicted octanol–water partition coefficient (Wildman–Crippen LogP) is 0.549. The second-order valence-corrected chi connectivity index (χ2v) is 4.25. The van der Waals surface area contributed by atoms with Crippen LogP contribution < -0.4 is 10.6 Å². The van der Waals surface area contributed by atoms with E-state index in [0.717, 1.165) is 19.3 Å². The second kappa shape index (κ2) is 2.42. The lowest BCUT2D eigenvalue weighted by molar-refractivity contribution is -0.123. The molecule has 1 spiro atoms. The summed E-state index contributed by atoms with van der Waals surface area (Å²) in [5.41, 5.74) is -0.351. The Morgan fingerprint density at radius 3 is 2.83 bits per heavy atom. The van der Waals surface area contributed by atoms with Crippen LogP contribution in [0.5, 0.6) is 0 Å². The molecule has 2 N–H and O–H groups in total. The maximum Gasteiger partial charge on any atom is 0.251 e. The molecule has 1 heterocycles. The summed E-state index contributed by atoms with van der Waals surface area (Å²) in [6, 6.07) is 0. The van der Waals surface area contributed by atoms with Gasteiger partial charge in [-0.25, -0.2) is 0 Å². The molecule has 2 rings (SSSR count). The van der Waals surface area contributed by atoms with Gasteiger partial charge in [-0.3, -0.25) is 4.79 Å². The lowest BCUT2D eigenvalue weighted by Gasteiger charge is -2.19. The lowest BCUT2D eigenvalue weighted by atomic mass is 9.97. The molecular formula is C8H12N2OS. The molecular weight excluding hydrogens is 172 g/mol. The molecule has 0 radical (unpaired) electrons. The Morgan fingerprint density at radius 2 is 2.42 bits per heavy atom. The fourth-order valence-corrected chi connectivity index (χ4v) is 2.43. The highest BCUT2D eigenvalue weighted by atomic mass is 32.1. The van der Waals surface area contributed by atoms with Gasteiger partial charge in [0.05, 0.1) is 0 Å². The summed E-state index contributed by atoms with van der Waals surface area (Å²) in [7, 11) is 0. The lowest BCUT2D eigenvalue weighted by Crippen LogP contribution is -2.44. The van der Waals surface area contributed by atoms with Gasteiger partial charge in [-0.15, -0.1) is 0 Å². The Bertz CT molecular complexity index is 253. The van der Waals surface area contributed by atoms with Crippen LogP contribution in [0.1, 0.15) is 26.2 Å². The van der Waals surface area contributed by atoms with E-state index in [4.69, 9.17) is 12.2 Å². The minimum Gasteiger partial charge on any atom is -0.348 e. The van der Waals surface area contributed by atoms with Crippen LogP contribution >= 0.6 is 12.2 Å². The molecule has 12 heavy (non-hydrogen) atoms. The molecule has 2 aliphatic rings. The standard InChI is InChI=1S/C8H12N2OS/c1-5-2-3-8(4-5)6(11)9-7(12)10-8/h5H,2-4H2,1H3,(H2,9,10,11,12). The number of rotatable bonds is 0. The zero-order valence-electron chi connectivity index (χ0n) is 7.02. The smallest absolute Gasteiger partial charge is 0.251 e. The number of hydrogen-bond acceptors (Lipinski definition) is 2. The summed E-state index contributed by atoms with van der Waals surface area (Å²) in [5, 5.41) is 6.23. The zero-order valence-corrected chi connectivity index (χ0v) is 7.83. The second-order valence-electron chi connectivity index (χ2n) is 3.84. The highest BCUT2D eigenvalue weighted by Crippen LogP contribution is 2.35. The van der Waals surface area contributed by atoms with Crippen molar-refractivity contribution in [3.05, 3.63) is 0 Å². The van der Waals surface area contributed by atoms with Crippen molar-refractivity contribution in [1.82, 2.24) is 10.6 Å². The molecule has 0 bridgehead atoms. The molecule has 1 amide bonds. The molecule has 1 saturated heterocycles. The van der Waals surface area contributed by atoms with Gasteiger partial charge >= 0.3 is 0 Å². The molecule has 0 aromatic heterocycles. The van der Waals surface area contributed by atoms with Gasteiger partial charge in [-0.1, -0.05) is 6.92 Å². The van der Waals surface area contributed by atoms with Crippen LogP contribution in [0.25, 0.3) is 0 Å². The molecule has 1 saturated carbocycles. The van der Waals surface area contributed by atoms with Crippen molar-refractivity contribution >= 4 is 23.2 Å². The third kappa shape index (κ3) is 1.02. The van der Waals surface area contributed by atoms with E-state index < -0.39 is 0 Å². The maximum absolute atomic E-state index is 11.5. The number of hydrogen-bond donors (Lipinski definition) is 2. The van der Waals surface area contributed by atoms with Gasteiger partial charge in [0, 0.05) is 0 Å². The van der Waals surface area contributed by atoms with E-state index >= 15 is 0 Å². The first kappa shape index (κ1) is 7.98. The minimum atomic E-state index is -0.351. The van der Waals surface area contributed by atoms with Crippen molar-refractivity contribution < 1.29 is 4.79 Å². The molecule has 0 aromatic carbocycles. The Hall–Kier alpha value is -0.640. The molecule has 2 unspecified atom stereocenters. The maximum atomic E-state index is 11.5. The first-order valence-electron chi connectivity index (χ1n) is 4.26.